The summed E-state index contributed by atoms with van der Waals surface area (Å²) in [5, 5.41) is 12.2. The molecule has 0 aromatic carbocycles. The van der Waals surface area contributed by atoms with Gasteiger partial charge < -0.3 is 0 Å². The molecule has 0 aromatic heterocycles. The summed E-state index contributed by atoms with van der Waals surface area (Å²) in [6.45, 7) is 0. The SMILES string of the molecule is O=C1CCC=NN1O. The zero-order valence-corrected chi connectivity index (χ0v) is 4.24. The number of amides is 1. The normalized spacial score (nSPS) is 19.6. The van der Waals surface area contributed by atoms with Gasteiger partial charge in [0.15, 0.2) is 0 Å². The Morgan fingerprint density at radius 3 is 3.00 bits per heavy atom. The molecule has 0 unspecified atom stereocenters. The summed E-state index contributed by atoms with van der Waals surface area (Å²) >= 11 is 0. The van der Waals surface area contributed by atoms with Gasteiger partial charge in [0, 0.05) is 12.6 Å². The molecular weight excluding hydrogens is 108 g/mol. The maximum Gasteiger partial charge on any atom is 0.269 e. The van der Waals surface area contributed by atoms with Crippen molar-refractivity contribution >= 4 is 12.1 Å². The van der Waals surface area contributed by atoms with E-state index >= 15 is 0 Å². The molecule has 4 nitrogen and oxygen atoms in total. The Kier molecular flexibility index (Phi) is 1.26. The number of hydrogen-bond donors (Lipinski definition) is 1. The highest BCUT2D eigenvalue weighted by molar-refractivity contribution is 5.80. The molecule has 8 heavy (non-hydrogen) atoms. The van der Waals surface area contributed by atoms with E-state index in [0.29, 0.717) is 18.0 Å². The van der Waals surface area contributed by atoms with Gasteiger partial charge in [0.25, 0.3) is 5.91 Å². The van der Waals surface area contributed by atoms with Crippen LogP contribution in [0.25, 0.3) is 0 Å². The maximum atomic E-state index is 10.4. The number of carbonyl (C=O) groups is 1. The summed E-state index contributed by atoms with van der Waals surface area (Å²) in [6.07, 6.45) is 2.50. The van der Waals surface area contributed by atoms with E-state index in [1.54, 1.807) is 0 Å². The molecule has 1 heterocycles. The van der Waals surface area contributed by atoms with Crippen molar-refractivity contribution in [1.82, 2.24) is 5.17 Å². The van der Waals surface area contributed by atoms with Crippen molar-refractivity contribution in [2.75, 3.05) is 0 Å². The van der Waals surface area contributed by atoms with Gasteiger partial charge in [0.1, 0.15) is 0 Å². The first kappa shape index (κ1) is 5.24. The zero-order valence-electron chi connectivity index (χ0n) is 4.24. The van der Waals surface area contributed by atoms with Crippen molar-refractivity contribution in [1.29, 1.82) is 0 Å². The minimum atomic E-state index is -0.340. The Morgan fingerprint density at radius 1 is 1.88 bits per heavy atom. The fourth-order valence-corrected chi connectivity index (χ4v) is 0.487. The third kappa shape index (κ3) is 0.840. The summed E-state index contributed by atoms with van der Waals surface area (Å²) in [4.78, 5) is 10.4. The lowest BCUT2D eigenvalue weighted by Crippen LogP contribution is -2.24. The van der Waals surface area contributed by atoms with Gasteiger partial charge in [-0.3, -0.25) is 10.0 Å². The molecule has 0 bridgehead atoms. The van der Waals surface area contributed by atoms with Gasteiger partial charge in [-0.25, -0.2) is 0 Å². The number of rotatable bonds is 0. The molecule has 0 aliphatic carbocycles. The molecule has 0 saturated carbocycles. The van der Waals surface area contributed by atoms with Crippen LogP contribution in [0.3, 0.4) is 0 Å². The highest BCUT2D eigenvalue weighted by Crippen LogP contribution is 1.98. The molecule has 0 radical (unpaired) electrons. The molecule has 0 aromatic rings. The van der Waals surface area contributed by atoms with Crippen molar-refractivity contribution in [2.24, 2.45) is 5.10 Å². The fourth-order valence-electron chi connectivity index (χ4n) is 0.487. The molecule has 44 valence electrons. The zero-order chi connectivity index (χ0) is 5.98. The van der Waals surface area contributed by atoms with Crippen molar-refractivity contribution in [3.63, 3.8) is 0 Å². The lowest BCUT2D eigenvalue weighted by Gasteiger charge is -2.10. The van der Waals surface area contributed by atoms with Gasteiger partial charge in [-0.2, -0.15) is 5.10 Å². The highest BCUT2D eigenvalue weighted by Gasteiger charge is 2.10. The standard InChI is InChI=1S/C4H6N2O2/c7-4-2-1-3-5-6(4)8/h3,8H,1-2H2. The van der Waals surface area contributed by atoms with Crippen LogP contribution in [-0.4, -0.2) is 22.5 Å². The van der Waals surface area contributed by atoms with E-state index in [1.807, 2.05) is 0 Å². The second-order valence-electron chi connectivity index (χ2n) is 1.52. The van der Waals surface area contributed by atoms with Gasteiger partial charge in [0.2, 0.25) is 0 Å². The van der Waals surface area contributed by atoms with E-state index in [4.69, 9.17) is 5.21 Å². The average Bonchev–Trinajstić information content (AvgIpc) is 1.77. The van der Waals surface area contributed by atoms with Crippen LogP contribution in [0.4, 0.5) is 0 Å². The first-order valence-corrected chi connectivity index (χ1v) is 2.35. The lowest BCUT2D eigenvalue weighted by atomic mass is 10.3. The minimum absolute atomic E-state index is 0.340. The molecule has 0 atom stereocenters. The van der Waals surface area contributed by atoms with Crippen LogP contribution in [0.1, 0.15) is 12.8 Å². The summed E-state index contributed by atoms with van der Waals surface area (Å²) in [6, 6.07) is 0. The third-order valence-electron chi connectivity index (χ3n) is 0.901. The molecule has 0 fully saturated rings. The maximum absolute atomic E-state index is 10.4. The largest absolute Gasteiger partial charge is 0.270 e. The van der Waals surface area contributed by atoms with E-state index < -0.39 is 0 Å². The number of nitrogens with zero attached hydrogens (tertiary/aromatic N) is 2. The van der Waals surface area contributed by atoms with Crippen molar-refractivity contribution in [3.05, 3.63) is 0 Å². The number of carbonyl (C=O) groups excluding carboxylic acids is 1. The summed E-state index contributed by atoms with van der Waals surface area (Å²) in [5.41, 5.74) is 0. The Bertz CT molecular complexity index is 132. The first-order valence-electron chi connectivity index (χ1n) is 2.35. The van der Waals surface area contributed by atoms with Crippen LogP contribution < -0.4 is 0 Å². The fraction of sp³-hybridized carbons (Fsp3) is 0.500. The van der Waals surface area contributed by atoms with E-state index in [-0.39, 0.29) is 5.91 Å². The van der Waals surface area contributed by atoms with Crippen molar-refractivity contribution in [3.8, 4) is 0 Å². The summed E-state index contributed by atoms with van der Waals surface area (Å²) < 4.78 is 0. The van der Waals surface area contributed by atoms with E-state index in [2.05, 4.69) is 5.10 Å². The minimum Gasteiger partial charge on any atom is -0.270 e. The molecule has 4 heteroatoms. The van der Waals surface area contributed by atoms with Crippen LogP contribution in [0.2, 0.25) is 0 Å². The van der Waals surface area contributed by atoms with E-state index in [9.17, 15) is 4.79 Å². The van der Waals surface area contributed by atoms with E-state index in [0.717, 1.165) is 0 Å². The van der Waals surface area contributed by atoms with Crippen LogP contribution >= 0.6 is 0 Å². The van der Waals surface area contributed by atoms with Crippen molar-refractivity contribution < 1.29 is 10.0 Å². The molecule has 1 aliphatic rings. The molecule has 0 saturated heterocycles. The highest BCUT2D eigenvalue weighted by atomic mass is 16.5. The summed E-state index contributed by atoms with van der Waals surface area (Å²) in [5.74, 6) is -0.340. The second-order valence-corrected chi connectivity index (χ2v) is 1.52. The Balaban J connectivity index is 2.60. The monoisotopic (exact) mass is 114 g/mol. The molecule has 1 N–H and O–H groups in total. The van der Waals surface area contributed by atoms with Crippen LogP contribution in [0.5, 0.6) is 0 Å². The second kappa shape index (κ2) is 1.92. The van der Waals surface area contributed by atoms with Crippen LogP contribution in [-0.2, 0) is 4.79 Å². The molecule has 1 amide bonds. The summed E-state index contributed by atoms with van der Waals surface area (Å²) in [7, 11) is 0. The predicted octanol–water partition coefficient (Wildman–Crippen LogP) is -0.0162. The number of hydrazone groups is 1. The molecule has 1 rings (SSSR count). The average molecular weight is 114 g/mol. The first-order chi connectivity index (χ1) is 3.80. The number of hydroxylamine groups is 1. The van der Waals surface area contributed by atoms with Gasteiger partial charge in [-0.1, -0.05) is 0 Å². The molecule has 1 aliphatic heterocycles. The lowest BCUT2D eigenvalue weighted by molar-refractivity contribution is -0.166. The predicted molar refractivity (Wildman–Crippen MR) is 26.4 cm³/mol. The topological polar surface area (TPSA) is 52.9 Å². The third-order valence-corrected chi connectivity index (χ3v) is 0.901. The van der Waals surface area contributed by atoms with Gasteiger partial charge in [-0.05, 0) is 6.42 Å². The number of hydrogen-bond acceptors (Lipinski definition) is 3. The van der Waals surface area contributed by atoms with Gasteiger partial charge >= 0.3 is 0 Å². The Labute approximate surface area is 46.4 Å². The molecule has 0 spiro atoms. The Hall–Kier alpha value is -0.900. The van der Waals surface area contributed by atoms with Crippen LogP contribution in [0.15, 0.2) is 5.10 Å². The Morgan fingerprint density at radius 2 is 2.62 bits per heavy atom. The van der Waals surface area contributed by atoms with Gasteiger partial charge in [-0.15, -0.1) is 5.17 Å². The quantitative estimate of drug-likeness (QED) is 0.450. The molecular formula is C4H6N2O2. The smallest absolute Gasteiger partial charge is 0.269 e. The van der Waals surface area contributed by atoms with E-state index in [1.165, 1.54) is 6.21 Å². The van der Waals surface area contributed by atoms with Crippen LogP contribution in [0, 0.1) is 0 Å². The van der Waals surface area contributed by atoms with Crippen molar-refractivity contribution in [2.45, 2.75) is 12.8 Å². The van der Waals surface area contributed by atoms with Gasteiger partial charge in [0.05, 0.1) is 0 Å².